The summed E-state index contributed by atoms with van der Waals surface area (Å²) in [5.41, 5.74) is -0.925. The second kappa shape index (κ2) is 6.83. The number of rotatable bonds is 4. The highest BCUT2D eigenvalue weighted by Gasteiger charge is 2.32. The molecule has 9 heteroatoms. The van der Waals surface area contributed by atoms with E-state index in [9.17, 15) is 22.8 Å². The van der Waals surface area contributed by atoms with Crippen LogP contribution >= 0.6 is 15.9 Å². The third-order valence-corrected chi connectivity index (χ3v) is 3.84. The Hall–Kier alpha value is -2.81. The van der Waals surface area contributed by atoms with Gasteiger partial charge in [-0.25, -0.2) is 4.79 Å². The van der Waals surface area contributed by atoms with E-state index in [0.717, 1.165) is 6.07 Å². The molecule has 134 valence electrons. The van der Waals surface area contributed by atoms with Crippen molar-refractivity contribution in [3.05, 3.63) is 57.4 Å². The first-order valence-electron chi connectivity index (χ1n) is 7.01. The molecule has 0 N–H and O–H groups in total. The summed E-state index contributed by atoms with van der Waals surface area (Å²) in [6.45, 7) is 0.218. The van der Waals surface area contributed by atoms with Crippen LogP contribution in [-0.4, -0.2) is 12.8 Å². The van der Waals surface area contributed by atoms with E-state index in [2.05, 4.69) is 25.4 Å². The molecule has 0 bridgehead atoms. The van der Waals surface area contributed by atoms with Crippen molar-refractivity contribution in [2.75, 3.05) is 0 Å². The number of ether oxygens (including phenoxy) is 2. The molecule has 0 fully saturated rings. The summed E-state index contributed by atoms with van der Waals surface area (Å²) in [5.74, 6) is -0.382. The first-order valence-corrected chi connectivity index (χ1v) is 7.80. The fourth-order valence-electron chi connectivity index (χ4n) is 2.34. The lowest BCUT2D eigenvalue weighted by molar-refractivity contribution is -0.274. The number of alkyl halides is 3. The minimum Gasteiger partial charge on any atom is -0.429 e. The molecule has 0 aliphatic carbocycles. The van der Waals surface area contributed by atoms with Crippen molar-refractivity contribution in [3.63, 3.8) is 0 Å². The number of carbonyl (C=O) groups excluding carboxylic acids is 1. The van der Waals surface area contributed by atoms with Crippen LogP contribution in [0.4, 0.5) is 13.2 Å². The van der Waals surface area contributed by atoms with Gasteiger partial charge >= 0.3 is 12.0 Å². The van der Waals surface area contributed by atoms with Gasteiger partial charge in [0, 0.05) is 21.5 Å². The Morgan fingerprint density at radius 3 is 2.50 bits per heavy atom. The fourth-order valence-corrected chi connectivity index (χ4v) is 2.68. The summed E-state index contributed by atoms with van der Waals surface area (Å²) in [6, 6.07) is 9.55. The molecule has 2 aromatic carbocycles. The Morgan fingerprint density at radius 1 is 1.04 bits per heavy atom. The predicted molar refractivity (Wildman–Crippen MR) is 89.0 cm³/mol. The molecule has 0 saturated carbocycles. The molecule has 5 nitrogen and oxygen atoms in total. The summed E-state index contributed by atoms with van der Waals surface area (Å²) >= 11 is 3.07. The normalized spacial score (nSPS) is 11.4. The number of benzene rings is 2. The standard InChI is InChI=1S/C17H8BrF3O5/c18-10-2-4-12(15(6-10)26-17(19,20)21)13-5-9-1-3-11(24-8-22)7-14(9)25-16(13)23/h1-8H. The number of hydrogen-bond donors (Lipinski definition) is 0. The van der Waals surface area contributed by atoms with Crippen molar-refractivity contribution in [3.8, 4) is 22.6 Å². The van der Waals surface area contributed by atoms with Crippen LogP contribution in [0.15, 0.2) is 56.1 Å². The van der Waals surface area contributed by atoms with Crippen LogP contribution in [0.5, 0.6) is 11.5 Å². The van der Waals surface area contributed by atoms with Crippen molar-refractivity contribution in [1.82, 2.24) is 0 Å². The Balaban J connectivity index is 2.16. The van der Waals surface area contributed by atoms with Gasteiger partial charge in [-0.1, -0.05) is 15.9 Å². The summed E-state index contributed by atoms with van der Waals surface area (Å²) in [7, 11) is 0. The second-order valence-corrected chi connectivity index (χ2v) is 5.97. The van der Waals surface area contributed by atoms with Crippen molar-refractivity contribution in [1.29, 1.82) is 0 Å². The van der Waals surface area contributed by atoms with Crippen LogP contribution in [0.3, 0.4) is 0 Å². The van der Waals surface area contributed by atoms with Crippen molar-refractivity contribution < 1.29 is 31.9 Å². The Morgan fingerprint density at radius 2 is 1.81 bits per heavy atom. The molecule has 0 atom stereocenters. The van der Waals surface area contributed by atoms with Crippen molar-refractivity contribution >= 4 is 33.4 Å². The quantitative estimate of drug-likeness (QED) is 0.446. The average molecular weight is 429 g/mol. The van der Waals surface area contributed by atoms with Crippen LogP contribution in [0, 0.1) is 0 Å². The summed E-state index contributed by atoms with van der Waals surface area (Å²) in [5, 5.41) is 0.429. The predicted octanol–water partition coefficient (Wildman–Crippen LogP) is 4.66. The lowest BCUT2D eigenvalue weighted by Crippen LogP contribution is -2.18. The highest BCUT2D eigenvalue weighted by Crippen LogP contribution is 2.36. The van der Waals surface area contributed by atoms with Crippen LogP contribution < -0.4 is 15.1 Å². The van der Waals surface area contributed by atoms with Gasteiger partial charge in [-0.3, -0.25) is 4.79 Å². The molecule has 0 radical (unpaired) electrons. The third-order valence-electron chi connectivity index (χ3n) is 3.35. The maximum atomic E-state index is 12.7. The van der Waals surface area contributed by atoms with Gasteiger partial charge in [0.25, 0.3) is 6.47 Å². The van der Waals surface area contributed by atoms with E-state index in [1.165, 1.54) is 36.4 Å². The minimum absolute atomic E-state index is 0.0746. The maximum absolute atomic E-state index is 12.7. The van der Waals surface area contributed by atoms with Gasteiger partial charge in [-0.2, -0.15) is 0 Å². The van der Waals surface area contributed by atoms with Gasteiger partial charge in [0.15, 0.2) is 0 Å². The van der Waals surface area contributed by atoms with E-state index in [4.69, 9.17) is 4.42 Å². The minimum atomic E-state index is -4.92. The SMILES string of the molecule is O=COc1ccc2cc(-c3ccc(Br)cc3OC(F)(F)F)c(=O)oc2c1. The molecule has 1 aromatic heterocycles. The summed E-state index contributed by atoms with van der Waals surface area (Å²) in [6.07, 6.45) is -4.92. The molecular weight excluding hydrogens is 421 g/mol. The van der Waals surface area contributed by atoms with Crippen LogP contribution in [-0.2, 0) is 4.79 Å². The topological polar surface area (TPSA) is 65.7 Å². The van der Waals surface area contributed by atoms with E-state index in [1.807, 2.05) is 0 Å². The van der Waals surface area contributed by atoms with E-state index in [0.29, 0.717) is 9.86 Å². The first kappa shape index (κ1) is 18.0. The smallest absolute Gasteiger partial charge is 0.429 e. The molecule has 0 aliphatic heterocycles. The lowest BCUT2D eigenvalue weighted by Gasteiger charge is -2.13. The maximum Gasteiger partial charge on any atom is 0.573 e. The Labute approximate surface area is 152 Å². The molecule has 0 aliphatic rings. The molecule has 0 spiro atoms. The van der Waals surface area contributed by atoms with Crippen LogP contribution in [0.25, 0.3) is 22.1 Å². The lowest BCUT2D eigenvalue weighted by atomic mass is 10.0. The number of hydrogen-bond acceptors (Lipinski definition) is 5. The average Bonchev–Trinajstić information content (AvgIpc) is 2.53. The first-order chi connectivity index (χ1) is 12.3. The number of halogens is 4. The highest BCUT2D eigenvalue weighted by molar-refractivity contribution is 9.10. The Kier molecular flexibility index (Phi) is 4.73. The highest BCUT2D eigenvalue weighted by atomic mass is 79.9. The monoisotopic (exact) mass is 428 g/mol. The molecule has 0 saturated heterocycles. The van der Waals surface area contributed by atoms with Gasteiger partial charge in [0.2, 0.25) is 0 Å². The van der Waals surface area contributed by atoms with Gasteiger partial charge in [0.1, 0.15) is 17.1 Å². The largest absolute Gasteiger partial charge is 0.573 e. The van der Waals surface area contributed by atoms with E-state index in [1.54, 1.807) is 0 Å². The second-order valence-electron chi connectivity index (χ2n) is 5.05. The summed E-state index contributed by atoms with van der Waals surface area (Å²) in [4.78, 5) is 22.7. The van der Waals surface area contributed by atoms with E-state index < -0.39 is 17.7 Å². The number of carbonyl (C=O) groups is 1. The third kappa shape index (κ3) is 3.88. The Bertz CT molecular complexity index is 1040. The van der Waals surface area contributed by atoms with E-state index >= 15 is 0 Å². The van der Waals surface area contributed by atoms with E-state index in [-0.39, 0.29) is 28.9 Å². The van der Waals surface area contributed by atoms with Crippen LogP contribution in [0.1, 0.15) is 0 Å². The van der Waals surface area contributed by atoms with Crippen LogP contribution in [0.2, 0.25) is 0 Å². The molecular formula is C17H8BrF3O5. The summed E-state index contributed by atoms with van der Waals surface area (Å²) < 4.78 is 52.2. The molecule has 26 heavy (non-hydrogen) atoms. The molecule has 3 rings (SSSR count). The van der Waals surface area contributed by atoms with Gasteiger partial charge in [0.05, 0.1) is 5.56 Å². The van der Waals surface area contributed by atoms with Crippen molar-refractivity contribution in [2.45, 2.75) is 6.36 Å². The molecule has 0 amide bonds. The molecule has 1 heterocycles. The van der Waals surface area contributed by atoms with Gasteiger partial charge < -0.3 is 13.9 Å². The number of fused-ring (bicyclic) bond motifs is 1. The van der Waals surface area contributed by atoms with Gasteiger partial charge in [-0.15, -0.1) is 13.2 Å². The fraction of sp³-hybridized carbons (Fsp3) is 0.0588. The van der Waals surface area contributed by atoms with Gasteiger partial charge in [-0.05, 0) is 36.4 Å². The molecule has 3 aromatic rings. The zero-order valence-electron chi connectivity index (χ0n) is 12.7. The molecule has 0 unspecified atom stereocenters. The zero-order valence-corrected chi connectivity index (χ0v) is 14.3. The van der Waals surface area contributed by atoms with Crippen molar-refractivity contribution in [2.24, 2.45) is 0 Å². The zero-order chi connectivity index (χ0) is 18.9.